The summed E-state index contributed by atoms with van der Waals surface area (Å²) in [6.07, 6.45) is -4.63. The zero-order chi connectivity index (χ0) is 19.5. The van der Waals surface area contributed by atoms with Gasteiger partial charge in [0.15, 0.2) is 5.75 Å². The van der Waals surface area contributed by atoms with Gasteiger partial charge in [-0.3, -0.25) is 9.59 Å². The van der Waals surface area contributed by atoms with Gasteiger partial charge >= 0.3 is 6.18 Å². The van der Waals surface area contributed by atoms with Crippen molar-refractivity contribution in [2.45, 2.75) is 26.1 Å². The van der Waals surface area contributed by atoms with E-state index in [-0.39, 0.29) is 10.6 Å². The second kappa shape index (κ2) is 7.78. The number of nitrogens with one attached hydrogen (secondary N) is 1. The Bertz CT molecular complexity index is 818. The number of ether oxygens (including phenoxy) is 1. The minimum atomic E-state index is -4.74. The van der Waals surface area contributed by atoms with Crippen LogP contribution in [0.25, 0.3) is 0 Å². The van der Waals surface area contributed by atoms with Gasteiger partial charge in [-0.25, -0.2) is 0 Å². The van der Waals surface area contributed by atoms with E-state index in [1.807, 2.05) is 0 Å². The Hall–Kier alpha value is -2.54. The molecule has 4 nitrogen and oxygen atoms in total. The fourth-order valence-corrected chi connectivity index (χ4v) is 2.40. The highest BCUT2D eigenvalue weighted by Crippen LogP contribution is 2.41. The van der Waals surface area contributed by atoms with Crippen LogP contribution in [-0.4, -0.2) is 18.3 Å². The molecule has 0 fully saturated rings. The van der Waals surface area contributed by atoms with E-state index < -0.39 is 29.5 Å². The van der Waals surface area contributed by atoms with Gasteiger partial charge in [-0.15, -0.1) is 0 Å². The average Bonchev–Trinajstić information content (AvgIpc) is 2.55. The zero-order valence-electron chi connectivity index (χ0n) is 13.9. The van der Waals surface area contributed by atoms with Gasteiger partial charge in [-0.05, 0) is 50.2 Å². The molecule has 0 bridgehead atoms. The molecule has 0 heterocycles. The molecule has 0 atom stereocenters. The lowest BCUT2D eigenvalue weighted by Gasteiger charge is -2.19. The number of rotatable bonds is 5. The Morgan fingerprint density at radius 2 is 1.81 bits per heavy atom. The van der Waals surface area contributed by atoms with Crippen molar-refractivity contribution < 1.29 is 27.5 Å². The van der Waals surface area contributed by atoms with Crippen molar-refractivity contribution in [2.24, 2.45) is 0 Å². The van der Waals surface area contributed by atoms with Crippen molar-refractivity contribution in [1.29, 1.82) is 0 Å². The number of benzene rings is 2. The number of anilines is 1. The van der Waals surface area contributed by atoms with E-state index in [9.17, 15) is 22.8 Å². The summed E-state index contributed by atoms with van der Waals surface area (Å²) in [5, 5.41) is 2.14. The van der Waals surface area contributed by atoms with Crippen LogP contribution in [0.15, 0.2) is 36.4 Å². The SMILES string of the molecule is CC(C)Oc1c(Cl)cc(C(=O)Nc2ccc(C=O)cc2)cc1C(F)(F)F. The van der Waals surface area contributed by atoms with Gasteiger partial charge in [0.25, 0.3) is 5.91 Å². The van der Waals surface area contributed by atoms with E-state index in [1.54, 1.807) is 13.8 Å². The third kappa shape index (κ3) is 4.76. The highest BCUT2D eigenvalue weighted by atomic mass is 35.5. The molecule has 2 aromatic rings. The van der Waals surface area contributed by atoms with Crippen LogP contribution in [0.2, 0.25) is 5.02 Å². The van der Waals surface area contributed by atoms with E-state index in [2.05, 4.69) is 5.32 Å². The average molecular weight is 386 g/mol. The smallest absolute Gasteiger partial charge is 0.420 e. The summed E-state index contributed by atoms with van der Waals surface area (Å²) in [6, 6.07) is 7.67. The van der Waals surface area contributed by atoms with E-state index in [0.29, 0.717) is 23.6 Å². The van der Waals surface area contributed by atoms with Crippen LogP contribution < -0.4 is 10.1 Å². The Labute approximate surface area is 152 Å². The predicted molar refractivity (Wildman–Crippen MR) is 92.0 cm³/mol. The molecule has 1 amide bonds. The number of carbonyl (C=O) groups is 2. The molecular weight excluding hydrogens is 371 g/mol. The fraction of sp³-hybridized carbons (Fsp3) is 0.222. The summed E-state index contributed by atoms with van der Waals surface area (Å²) >= 11 is 5.93. The molecule has 0 unspecified atom stereocenters. The second-order valence-electron chi connectivity index (χ2n) is 5.69. The standard InChI is InChI=1S/C18H15ClF3NO3/c1-10(2)26-16-14(18(20,21)22)7-12(8-15(16)19)17(25)23-13-5-3-11(9-24)4-6-13/h3-10H,1-2H3,(H,23,25). The summed E-state index contributed by atoms with van der Waals surface area (Å²) in [4.78, 5) is 22.9. The molecule has 0 saturated heterocycles. The number of hydrogen-bond donors (Lipinski definition) is 1. The normalized spacial score (nSPS) is 11.3. The lowest BCUT2D eigenvalue weighted by molar-refractivity contribution is -0.139. The summed E-state index contributed by atoms with van der Waals surface area (Å²) in [7, 11) is 0. The van der Waals surface area contributed by atoms with E-state index >= 15 is 0 Å². The fourth-order valence-electron chi connectivity index (χ4n) is 2.14. The topological polar surface area (TPSA) is 55.4 Å². The molecule has 8 heteroatoms. The lowest BCUT2D eigenvalue weighted by atomic mass is 10.1. The molecule has 0 aliphatic rings. The zero-order valence-corrected chi connectivity index (χ0v) is 14.6. The molecule has 2 rings (SSSR count). The number of alkyl halides is 3. The van der Waals surface area contributed by atoms with Gasteiger partial charge in [0.05, 0.1) is 16.7 Å². The molecule has 138 valence electrons. The van der Waals surface area contributed by atoms with Gasteiger partial charge in [0.2, 0.25) is 0 Å². The third-order valence-corrected chi connectivity index (χ3v) is 3.55. The van der Waals surface area contributed by atoms with Crippen LogP contribution in [0.3, 0.4) is 0 Å². The lowest BCUT2D eigenvalue weighted by Crippen LogP contribution is -2.17. The quantitative estimate of drug-likeness (QED) is 0.719. The van der Waals surface area contributed by atoms with Gasteiger partial charge in [0.1, 0.15) is 6.29 Å². The maximum atomic E-state index is 13.3. The first-order valence-electron chi connectivity index (χ1n) is 7.56. The Balaban J connectivity index is 2.37. The molecule has 0 spiro atoms. The number of carbonyl (C=O) groups excluding carboxylic acids is 2. The first-order valence-corrected chi connectivity index (χ1v) is 7.93. The molecule has 1 N–H and O–H groups in total. The summed E-state index contributed by atoms with van der Waals surface area (Å²) in [5.41, 5.74) is -0.661. The van der Waals surface area contributed by atoms with Crippen LogP contribution in [0, 0.1) is 0 Å². The first-order chi connectivity index (χ1) is 12.1. The van der Waals surface area contributed by atoms with Crippen molar-refractivity contribution in [1.82, 2.24) is 0 Å². The van der Waals surface area contributed by atoms with Crippen LogP contribution in [-0.2, 0) is 6.18 Å². The Morgan fingerprint density at radius 1 is 1.19 bits per heavy atom. The molecule has 0 aromatic heterocycles. The number of hydrogen-bond acceptors (Lipinski definition) is 3. The highest BCUT2D eigenvalue weighted by molar-refractivity contribution is 6.32. The summed E-state index contributed by atoms with van der Waals surface area (Å²) < 4.78 is 45.2. The minimum Gasteiger partial charge on any atom is -0.489 e. The van der Waals surface area contributed by atoms with Gasteiger partial charge < -0.3 is 10.1 Å². The van der Waals surface area contributed by atoms with Crippen molar-refractivity contribution in [3.63, 3.8) is 0 Å². The van der Waals surface area contributed by atoms with Gasteiger partial charge in [-0.2, -0.15) is 13.2 Å². The van der Waals surface area contributed by atoms with Crippen molar-refractivity contribution in [3.8, 4) is 5.75 Å². The van der Waals surface area contributed by atoms with E-state index in [1.165, 1.54) is 24.3 Å². The predicted octanol–water partition coefficient (Wildman–Crippen LogP) is 5.21. The molecule has 0 aliphatic heterocycles. The highest BCUT2D eigenvalue weighted by Gasteiger charge is 2.37. The Morgan fingerprint density at radius 3 is 2.31 bits per heavy atom. The van der Waals surface area contributed by atoms with Gasteiger partial charge in [-0.1, -0.05) is 11.6 Å². The summed E-state index contributed by atoms with van der Waals surface area (Å²) in [5.74, 6) is -1.28. The van der Waals surface area contributed by atoms with Crippen LogP contribution in [0.1, 0.15) is 40.1 Å². The molecule has 0 aliphatic carbocycles. The summed E-state index contributed by atoms with van der Waals surface area (Å²) in [6.45, 7) is 3.14. The molecule has 26 heavy (non-hydrogen) atoms. The Kier molecular flexibility index (Phi) is 5.92. The van der Waals surface area contributed by atoms with Gasteiger partial charge in [0, 0.05) is 16.8 Å². The van der Waals surface area contributed by atoms with Crippen molar-refractivity contribution in [2.75, 3.05) is 5.32 Å². The third-order valence-electron chi connectivity index (χ3n) is 3.27. The molecule has 2 aromatic carbocycles. The molecule has 0 radical (unpaired) electrons. The molecule has 0 saturated carbocycles. The van der Waals surface area contributed by atoms with Crippen molar-refractivity contribution >= 4 is 29.5 Å². The minimum absolute atomic E-state index is 0.266. The van der Waals surface area contributed by atoms with Crippen LogP contribution in [0.4, 0.5) is 18.9 Å². The number of amides is 1. The maximum absolute atomic E-state index is 13.3. The monoisotopic (exact) mass is 385 g/mol. The second-order valence-corrected chi connectivity index (χ2v) is 6.10. The van der Waals surface area contributed by atoms with Crippen molar-refractivity contribution in [3.05, 3.63) is 58.1 Å². The molecular formula is C18H15ClF3NO3. The largest absolute Gasteiger partial charge is 0.489 e. The van der Waals surface area contributed by atoms with E-state index in [4.69, 9.17) is 16.3 Å². The van der Waals surface area contributed by atoms with Crippen LogP contribution in [0.5, 0.6) is 5.75 Å². The number of aldehydes is 1. The number of halogens is 4. The maximum Gasteiger partial charge on any atom is 0.420 e. The van der Waals surface area contributed by atoms with Crippen LogP contribution >= 0.6 is 11.6 Å². The van der Waals surface area contributed by atoms with E-state index in [0.717, 1.165) is 6.07 Å². The first kappa shape index (κ1) is 19.8.